The Kier molecular flexibility index (Phi) is 9.60. The lowest BCUT2D eigenvalue weighted by Gasteiger charge is -2.17. The van der Waals surface area contributed by atoms with Gasteiger partial charge in [-0.25, -0.2) is 0 Å². The third-order valence-electron chi connectivity index (χ3n) is 4.79. The largest absolute Gasteiger partial charge is 0.381 e. The zero-order chi connectivity index (χ0) is 15.3. The molecular formula is C20H34O2. The van der Waals surface area contributed by atoms with Gasteiger partial charge in [-0.1, -0.05) is 37.1 Å². The van der Waals surface area contributed by atoms with Crippen molar-refractivity contribution in [3.8, 4) is 0 Å². The van der Waals surface area contributed by atoms with E-state index < -0.39 is 0 Å². The summed E-state index contributed by atoms with van der Waals surface area (Å²) in [4.78, 5) is 0. The van der Waals surface area contributed by atoms with Gasteiger partial charge in [0.1, 0.15) is 0 Å². The minimum atomic E-state index is 0.771. The average Bonchev–Trinajstić information content (AvgIpc) is 2.58. The van der Waals surface area contributed by atoms with Crippen LogP contribution in [0.3, 0.4) is 0 Å². The van der Waals surface area contributed by atoms with Crippen LogP contribution in [0, 0.1) is 11.8 Å². The summed E-state index contributed by atoms with van der Waals surface area (Å²) in [5, 5.41) is 0. The van der Waals surface area contributed by atoms with Crippen LogP contribution >= 0.6 is 0 Å². The maximum atomic E-state index is 5.81. The Morgan fingerprint density at radius 2 is 1.14 bits per heavy atom. The van der Waals surface area contributed by atoms with Crippen molar-refractivity contribution < 1.29 is 9.47 Å². The standard InChI is InChI=1S/C20H34O2/c1(9-15-21-17-19-11-5-3-6-12-19)2-10-16-22-18-20-13-7-4-8-14-20/h3-5,7,19-20H,1-2,6,8-18H2. The molecule has 2 rings (SSSR count). The molecule has 0 spiro atoms. The first kappa shape index (κ1) is 17.7. The molecule has 0 bridgehead atoms. The fraction of sp³-hybridized carbons (Fsp3) is 0.800. The molecule has 0 aromatic heterocycles. The molecule has 0 aliphatic heterocycles. The van der Waals surface area contributed by atoms with Gasteiger partial charge in [0.15, 0.2) is 0 Å². The SMILES string of the molecule is C1=CCC(COCCCCCCOCC2CC=CCC2)CC1. The molecule has 22 heavy (non-hydrogen) atoms. The Bertz CT molecular complexity index is 290. The molecule has 0 fully saturated rings. The van der Waals surface area contributed by atoms with Gasteiger partial charge < -0.3 is 9.47 Å². The van der Waals surface area contributed by atoms with Gasteiger partial charge in [0, 0.05) is 26.4 Å². The van der Waals surface area contributed by atoms with Gasteiger partial charge in [-0.2, -0.15) is 0 Å². The van der Waals surface area contributed by atoms with Crippen molar-refractivity contribution in [3.63, 3.8) is 0 Å². The van der Waals surface area contributed by atoms with Crippen LogP contribution in [0.25, 0.3) is 0 Å². The summed E-state index contributed by atoms with van der Waals surface area (Å²) in [7, 11) is 0. The van der Waals surface area contributed by atoms with Crippen LogP contribution in [0.1, 0.15) is 64.2 Å². The monoisotopic (exact) mass is 306 g/mol. The Balaban J connectivity index is 1.30. The predicted molar refractivity (Wildman–Crippen MR) is 93.1 cm³/mol. The summed E-state index contributed by atoms with van der Waals surface area (Å²) in [5.74, 6) is 1.54. The number of unbranched alkanes of at least 4 members (excludes halogenated alkanes) is 3. The smallest absolute Gasteiger partial charge is 0.0497 e. The number of hydrogen-bond donors (Lipinski definition) is 0. The molecule has 0 amide bonds. The Morgan fingerprint density at radius 1 is 0.636 bits per heavy atom. The number of hydrogen-bond acceptors (Lipinski definition) is 2. The minimum absolute atomic E-state index is 0.771. The van der Waals surface area contributed by atoms with Gasteiger partial charge in [0.05, 0.1) is 0 Å². The fourth-order valence-electron chi connectivity index (χ4n) is 3.28. The van der Waals surface area contributed by atoms with E-state index in [1.807, 2.05) is 0 Å². The van der Waals surface area contributed by atoms with Crippen molar-refractivity contribution in [2.24, 2.45) is 11.8 Å². The summed E-state index contributed by atoms with van der Waals surface area (Å²) in [6, 6.07) is 0. The maximum Gasteiger partial charge on any atom is 0.0497 e. The lowest BCUT2D eigenvalue weighted by molar-refractivity contribution is 0.0861. The Hall–Kier alpha value is -0.600. The Labute approximate surface area is 137 Å². The van der Waals surface area contributed by atoms with Gasteiger partial charge in [0.25, 0.3) is 0 Å². The number of allylic oxidation sites excluding steroid dienone is 4. The van der Waals surface area contributed by atoms with Crippen LogP contribution < -0.4 is 0 Å². The number of rotatable bonds is 11. The topological polar surface area (TPSA) is 18.5 Å². The van der Waals surface area contributed by atoms with Gasteiger partial charge >= 0.3 is 0 Å². The molecular weight excluding hydrogens is 272 g/mol. The molecule has 0 radical (unpaired) electrons. The molecule has 2 atom stereocenters. The average molecular weight is 306 g/mol. The quantitative estimate of drug-likeness (QED) is 0.381. The van der Waals surface area contributed by atoms with E-state index >= 15 is 0 Å². The zero-order valence-corrected chi connectivity index (χ0v) is 14.2. The molecule has 0 aromatic carbocycles. The van der Waals surface area contributed by atoms with Crippen LogP contribution in [0.15, 0.2) is 24.3 Å². The molecule has 0 saturated heterocycles. The van der Waals surface area contributed by atoms with Crippen LogP contribution in [0.5, 0.6) is 0 Å². The highest BCUT2D eigenvalue weighted by molar-refractivity contribution is 4.90. The normalized spacial score (nSPS) is 24.7. The lowest BCUT2D eigenvalue weighted by atomic mass is 9.95. The molecule has 2 aliphatic rings. The molecule has 2 heteroatoms. The van der Waals surface area contributed by atoms with E-state index in [2.05, 4.69) is 24.3 Å². The molecule has 126 valence electrons. The number of ether oxygens (including phenoxy) is 2. The van der Waals surface area contributed by atoms with Crippen molar-refractivity contribution in [3.05, 3.63) is 24.3 Å². The lowest BCUT2D eigenvalue weighted by Crippen LogP contribution is -2.12. The summed E-state index contributed by atoms with van der Waals surface area (Å²) >= 11 is 0. The summed E-state index contributed by atoms with van der Waals surface area (Å²) in [6.07, 6.45) is 21.7. The van der Waals surface area contributed by atoms with Crippen LogP contribution in [-0.4, -0.2) is 26.4 Å². The van der Waals surface area contributed by atoms with E-state index in [1.165, 1.54) is 64.2 Å². The van der Waals surface area contributed by atoms with Crippen LogP contribution in [-0.2, 0) is 9.47 Å². The van der Waals surface area contributed by atoms with Crippen molar-refractivity contribution in [2.45, 2.75) is 64.2 Å². The van der Waals surface area contributed by atoms with Gasteiger partial charge in [-0.05, 0) is 63.2 Å². The third kappa shape index (κ3) is 8.14. The molecule has 0 aromatic rings. The highest BCUT2D eigenvalue weighted by Gasteiger charge is 2.10. The minimum Gasteiger partial charge on any atom is -0.381 e. The summed E-state index contributed by atoms with van der Waals surface area (Å²) < 4.78 is 11.6. The first-order chi connectivity index (χ1) is 10.9. The highest BCUT2D eigenvalue weighted by Crippen LogP contribution is 2.19. The van der Waals surface area contributed by atoms with E-state index in [4.69, 9.17) is 9.47 Å². The van der Waals surface area contributed by atoms with E-state index in [0.717, 1.165) is 38.3 Å². The molecule has 0 N–H and O–H groups in total. The van der Waals surface area contributed by atoms with Crippen LogP contribution in [0.2, 0.25) is 0 Å². The van der Waals surface area contributed by atoms with Crippen molar-refractivity contribution in [2.75, 3.05) is 26.4 Å². The Morgan fingerprint density at radius 3 is 1.55 bits per heavy atom. The second-order valence-corrected chi connectivity index (χ2v) is 6.87. The first-order valence-corrected chi connectivity index (χ1v) is 9.40. The second-order valence-electron chi connectivity index (χ2n) is 6.87. The fourth-order valence-corrected chi connectivity index (χ4v) is 3.28. The van der Waals surface area contributed by atoms with Crippen molar-refractivity contribution >= 4 is 0 Å². The van der Waals surface area contributed by atoms with Gasteiger partial charge in [-0.15, -0.1) is 0 Å². The van der Waals surface area contributed by atoms with E-state index in [0.29, 0.717) is 0 Å². The highest BCUT2D eigenvalue weighted by atomic mass is 16.5. The third-order valence-corrected chi connectivity index (χ3v) is 4.79. The predicted octanol–water partition coefficient (Wildman–Crippen LogP) is 5.29. The van der Waals surface area contributed by atoms with Crippen molar-refractivity contribution in [1.29, 1.82) is 0 Å². The van der Waals surface area contributed by atoms with E-state index in [1.54, 1.807) is 0 Å². The summed E-state index contributed by atoms with van der Waals surface area (Å²) in [6.45, 7) is 3.80. The van der Waals surface area contributed by atoms with E-state index in [9.17, 15) is 0 Å². The second kappa shape index (κ2) is 11.9. The van der Waals surface area contributed by atoms with E-state index in [-0.39, 0.29) is 0 Å². The molecule has 0 saturated carbocycles. The van der Waals surface area contributed by atoms with Gasteiger partial charge in [-0.3, -0.25) is 0 Å². The van der Waals surface area contributed by atoms with Crippen molar-refractivity contribution in [1.82, 2.24) is 0 Å². The molecule has 2 nitrogen and oxygen atoms in total. The zero-order valence-electron chi connectivity index (χ0n) is 14.2. The molecule has 2 unspecified atom stereocenters. The van der Waals surface area contributed by atoms with Crippen LogP contribution in [0.4, 0.5) is 0 Å². The summed E-state index contributed by atoms with van der Waals surface area (Å²) in [5.41, 5.74) is 0. The molecule has 0 heterocycles. The maximum absolute atomic E-state index is 5.81. The molecule has 2 aliphatic carbocycles. The first-order valence-electron chi connectivity index (χ1n) is 9.40. The van der Waals surface area contributed by atoms with Gasteiger partial charge in [0.2, 0.25) is 0 Å².